The highest BCUT2D eigenvalue weighted by atomic mass is 79.9. The molecule has 0 unspecified atom stereocenters. The van der Waals surface area contributed by atoms with Gasteiger partial charge in [0.15, 0.2) is 0 Å². The number of carbonyl (C=O) groups is 1. The lowest BCUT2D eigenvalue weighted by Crippen LogP contribution is -2.15. The zero-order valence-electron chi connectivity index (χ0n) is 10.5. The maximum atomic E-state index is 11.9. The van der Waals surface area contributed by atoms with E-state index in [0.29, 0.717) is 11.5 Å². The zero-order valence-corrected chi connectivity index (χ0v) is 12.1. The van der Waals surface area contributed by atoms with Crippen molar-refractivity contribution in [3.8, 4) is 0 Å². The van der Waals surface area contributed by atoms with Crippen LogP contribution in [0, 0.1) is 6.92 Å². The normalized spacial score (nSPS) is 10.2. The minimum absolute atomic E-state index is 0.111. The van der Waals surface area contributed by atoms with Crippen molar-refractivity contribution in [3.63, 3.8) is 0 Å². The lowest BCUT2D eigenvalue weighted by Gasteiger charge is -2.06. The number of aromatic nitrogens is 1. The summed E-state index contributed by atoms with van der Waals surface area (Å²) >= 11 is 3.37. The van der Waals surface area contributed by atoms with Crippen LogP contribution < -0.4 is 11.1 Å². The van der Waals surface area contributed by atoms with Crippen LogP contribution in [0.25, 0.3) is 0 Å². The van der Waals surface area contributed by atoms with Crippen molar-refractivity contribution in [2.45, 2.75) is 13.3 Å². The Morgan fingerprint density at radius 2 is 2.16 bits per heavy atom. The van der Waals surface area contributed by atoms with Crippen molar-refractivity contribution in [2.24, 2.45) is 0 Å². The first-order chi connectivity index (χ1) is 9.04. The van der Waals surface area contributed by atoms with Gasteiger partial charge in [-0.15, -0.1) is 0 Å². The lowest BCUT2D eigenvalue weighted by atomic mass is 10.1. The number of aryl methyl sites for hydroxylation is 1. The van der Waals surface area contributed by atoms with Gasteiger partial charge in [-0.1, -0.05) is 12.1 Å². The standard InChI is InChI=1S/C14H14BrN3O/c1-9-12(15)5-6-13(17-9)18-14(19)8-10-3-2-4-11(16)7-10/h2-7H,8,16H2,1H3,(H,17,18,19). The molecule has 0 radical (unpaired) electrons. The van der Waals surface area contributed by atoms with Gasteiger partial charge in [-0.3, -0.25) is 4.79 Å². The van der Waals surface area contributed by atoms with Gasteiger partial charge >= 0.3 is 0 Å². The summed E-state index contributed by atoms with van der Waals surface area (Å²) in [6, 6.07) is 10.9. The average molecular weight is 320 g/mol. The second-order valence-electron chi connectivity index (χ2n) is 4.23. The number of rotatable bonds is 3. The highest BCUT2D eigenvalue weighted by Gasteiger charge is 2.06. The SMILES string of the molecule is Cc1nc(NC(=O)Cc2cccc(N)c2)ccc1Br. The minimum Gasteiger partial charge on any atom is -0.399 e. The van der Waals surface area contributed by atoms with E-state index in [9.17, 15) is 4.79 Å². The molecule has 0 aliphatic carbocycles. The van der Waals surface area contributed by atoms with Gasteiger partial charge in [-0.05, 0) is 52.7 Å². The van der Waals surface area contributed by atoms with Gasteiger partial charge in [0.25, 0.3) is 0 Å². The molecule has 4 nitrogen and oxygen atoms in total. The third kappa shape index (κ3) is 3.79. The molecule has 1 amide bonds. The van der Waals surface area contributed by atoms with Crippen molar-refractivity contribution in [1.82, 2.24) is 4.98 Å². The molecule has 0 bridgehead atoms. The fourth-order valence-electron chi connectivity index (χ4n) is 1.69. The molecule has 0 saturated heterocycles. The number of hydrogen-bond donors (Lipinski definition) is 2. The predicted octanol–water partition coefficient (Wildman–Crippen LogP) is 2.92. The smallest absolute Gasteiger partial charge is 0.229 e. The van der Waals surface area contributed by atoms with Crippen molar-refractivity contribution in [1.29, 1.82) is 0 Å². The summed E-state index contributed by atoms with van der Waals surface area (Å²) in [6.07, 6.45) is 0.280. The van der Waals surface area contributed by atoms with Crippen molar-refractivity contribution >= 4 is 33.3 Å². The molecule has 19 heavy (non-hydrogen) atoms. The van der Waals surface area contributed by atoms with Crippen molar-refractivity contribution < 1.29 is 4.79 Å². The summed E-state index contributed by atoms with van der Waals surface area (Å²) in [7, 11) is 0. The average Bonchev–Trinajstić information content (AvgIpc) is 2.34. The van der Waals surface area contributed by atoms with E-state index in [4.69, 9.17) is 5.73 Å². The topological polar surface area (TPSA) is 68.0 Å². The van der Waals surface area contributed by atoms with E-state index in [-0.39, 0.29) is 12.3 Å². The van der Waals surface area contributed by atoms with Crippen LogP contribution in [0.3, 0.4) is 0 Å². The number of pyridine rings is 1. The third-order valence-corrected chi connectivity index (χ3v) is 3.44. The fraction of sp³-hybridized carbons (Fsp3) is 0.143. The molecule has 1 aromatic carbocycles. The summed E-state index contributed by atoms with van der Waals surface area (Å²) < 4.78 is 0.918. The van der Waals surface area contributed by atoms with Crippen LogP contribution in [-0.2, 0) is 11.2 Å². The maximum Gasteiger partial charge on any atom is 0.229 e. The highest BCUT2D eigenvalue weighted by Crippen LogP contribution is 2.16. The molecule has 0 aliphatic rings. The lowest BCUT2D eigenvalue weighted by molar-refractivity contribution is -0.115. The molecule has 1 aromatic heterocycles. The molecule has 1 heterocycles. The Morgan fingerprint density at radius 3 is 2.84 bits per heavy atom. The Labute approximate surface area is 120 Å². The molecule has 5 heteroatoms. The maximum absolute atomic E-state index is 11.9. The Hall–Kier alpha value is -1.88. The van der Waals surface area contributed by atoms with E-state index < -0.39 is 0 Å². The van der Waals surface area contributed by atoms with Crippen LogP contribution in [0.2, 0.25) is 0 Å². The Morgan fingerprint density at radius 1 is 1.37 bits per heavy atom. The number of nitrogens with zero attached hydrogens (tertiary/aromatic N) is 1. The van der Waals surface area contributed by atoms with Crippen LogP contribution in [0.5, 0.6) is 0 Å². The number of amides is 1. The molecule has 0 spiro atoms. The van der Waals surface area contributed by atoms with E-state index in [2.05, 4.69) is 26.2 Å². The summed E-state index contributed by atoms with van der Waals surface area (Å²) in [5, 5.41) is 2.77. The van der Waals surface area contributed by atoms with Gasteiger partial charge < -0.3 is 11.1 Å². The molecule has 0 atom stereocenters. The second-order valence-corrected chi connectivity index (χ2v) is 5.09. The van der Waals surface area contributed by atoms with Crippen molar-refractivity contribution in [2.75, 3.05) is 11.1 Å². The number of nitrogens with one attached hydrogen (secondary N) is 1. The molecule has 3 N–H and O–H groups in total. The molecule has 0 aliphatic heterocycles. The minimum atomic E-state index is -0.111. The van der Waals surface area contributed by atoms with Crippen LogP contribution >= 0.6 is 15.9 Å². The molecular formula is C14H14BrN3O. The monoisotopic (exact) mass is 319 g/mol. The first kappa shape index (κ1) is 13.5. The third-order valence-electron chi connectivity index (χ3n) is 2.60. The number of halogens is 1. The summed E-state index contributed by atoms with van der Waals surface area (Å²) in [6.45, 7) is 1.87. The van der Waals surface area contributed by atoms with Gasteiger partial charge in [0.2, 0.25) is 5.91 Å². The number of hydrogen-bond acceptors (Lipinski definition) is 3. The highest BCUT2D eigenvalue weighted by molar-refractivity contribution is 9.10. The Kier molecular flexibility index (Phi) is 4.16. The molecule has 0 fully saturated rings. The molecule has 98 valence electrons. The Bertz CT molecular complexity index is 613. The van der Waals surface area contributed by atoms with Gasteiger partial charge in [-0.2, -0.15) is 0 Å². The molecular weight excluding hydrogens is 306 g/mol. The summed E-state index contributed by atoms with van der Waals surface area (Å²) in [4.78, 5) is 16.2. The largest absolute Gasteiger partial charge is 0.399 e. The van der Waals surface area contributed by atoms with Crippen LogP contribution in [0.4, 0.5) is 11.5 Å². The van der Waals surface area contributed by atoms with Gasteiger partial charge in [0.05, 0.1) is 12.1 Å². The van der Waals surface area contributed by atoms with Gasteiger partial charge in [-0.25, -0.2) is 4.98 Å². The quantitative estimate of drug-likeness (QED) is 0.855. The van der Waals surface area contributed by atoms with E-state index in [0.717, 1.165) is 15.7 Å². The van der Waals surface area contributed by atoms with Gasteiger partial charge in [0, 0.05) is 10.2 Å². The van der Waals surface area contributed by atoms with E-state index in [1.165, 1.54) is 0 Å². The predicted molar refractivity (Wildman–Crippen MR) is 79.9 cm³/mol. The summed E-state index contributed by atoms with van der Waals surface area (Å²) in [5.74, 6) is 0.439. The molecule has 2 aromatic rings. The first-order valence-electron chi connectivity index (χ1n) is 5.82. The number of benzene rings is 1. The van der Waals surface area contributed by atoms with Crippen LogP contribution in [0.15, 0.2) is 40.9 Å². The summed E-state index contributed by atoms with van der Waals surface area (Å²) in [5.41, 5.74) is 8.05. The van der Waals surface area contributed by atoms with E-state index >= 15 is 0 Å². The number of anilines is 2. The fourth-order valence-corrected chi connectivity index (χ4v) is 1.91. The molecule has 0 saturated carbocycles. The molecule has 2 rings (SSSR count). The van der Waals surface area contributed by atoms with E-state index in [1.807, 2.05) is 25.1 Å². The van der Waals surface area contributed by atoms with E-state index in [1.54, 1.807) is 18.2 Å². The van der Waals surface area contributed by atoms with Crippen LogP contribution in [0.1, 0.15) is 11.3 Å². The number of carbonyl (C=O) groups excluding carboxylic acids is 1. The van der Waals surface area contributed by atoms with Gasteiger partial charge in [0.1, 0.15) is 5.82 Å². The Balaban J connectivity index is 2.03. The number of nitrogen functional groups attached to an aromatic ring is 1. The zero-order chi connectivity index (χ0) is 13.8. The second kappa shape index (κ2) is 5.84. The van der Waals surface area contributed by atoms with Crippen molar-refractivity contribution in [3.05, 3.63) is 52.1 Å². The van der Waals surface area contributed by atoms with Crippen LogP contribution in [-0.4, -0.2) is 10.9 Å². The first-order valence-corrected chi connectivity index (χ1v) is 6.61. The number of nitrogens with two attached hydrogens (primary N) is 1.